The summed E-state index contributed by atoms with van der Waals surface area (Å²) in [5.74, 6) is 0.0646. The predicted molar refractivity (Wildman–Crippen MR) is 76.5 cm³/mol. The van der Waals surface area contributed by atoms with E-state index in [9.17, 15) is 9.90 Å². The molecule has 2 N–H and O–H groups in total. The Kier molecular flexibility index (Phi) is 5.77. The van der Waals surface area contributed by atoms with Crippen molar-refractivity contribution in [3.05, 3.63) is 0 Å². The lowest BCUT2D eigenvalue weighted by atomic mass is 10.1. The molecule has 2 aliphatic rings. The number of aliphatic hydroxyl groups is 1. The number of carbonyl (C=O) groups is 1. The van der Waals surface area contributed by atoms with E-state index in [1.54, 1.807) is 0 Å². The summed E-state index contributed by atoms with van der Waals surface area (Å²) < 4.78 is 5.29. The van der Waals surface area contributed by atoms with E-state index < -0.39 is 0 Å². The number of amides is 1. The van der Waals surface area contributed by atoms with E-state index in [0.717, 1.165) is 39.0 Å². The lowest BCUT2D eigenvalue weighted by molar-refractivity contribution is -0.123. The molecule has 2 heterocycles. The van der Waals surface area contributed by atoms with Gasteiger partial charge in [-0.25, -0.2) is 0 Å². The standard InChI is InChI=1S/C14H27N3O3/c1-16(2)8-12-7-13(18)9-17(12)10-14(19)15-11-3-5-20-6-4-11/h11-13,18H,3-10H2,1-2H3,(H,15,19). The first-order valence-electron chi connectivity index (χ1n) is 7.48. The van der Waals surface area contributed by atoms with E-state index in [-0.39, 0.29) is 24.1 Å². The molecular weight excluding hydrogens is 258 g/mol. The number of likely N-dealkylation sites (tertiary alicyclic amines) is 1. The summed E-state index contributed by atoms with van der Waals surface area (Å²) in [6, 6.07) is 0.511. The summed E-state index contributed by atoms with van der Waals surface area (Å²) in [6.07, 6.45) is 2.24. The van der Waals surface area contributed by atoms with Gasteiger partial charge in [-0.1, -0.05) is 0 Å². The fourth-order valence-electron chi connectivity index (χ4n) is 3.06. The first-order valence-corrected chi connectivity index (χ1v) is 7.48. The molecule has 116 valence electrons. The van der Waals surface area contributed by atoms with Crippen LogP contribution in [0.2, 0.25) is 0 Å². The van der Waals surface area contributed by atoms with Crippen LogP contribution >= 0.6 is 0 Å². The van der Waals surface area contributed by atoms with Crippen molar-refractivity contribution in [3.8, 4) is 0 Å². The normalized spacial score (nSPS) is 29.0. The van der Waals surface area contributed by atoms with E-state index in [2.05, 4.69) is 15.1 Å². The Morgan fingerprint density at radius 2 is 2.10 bits per heavy atom. The van der Waals surface area contributed by atoms with Gasteiger partial charge < -0.3 is 20.1 Å². The van der Waals surface area contributed by atoms with E-state index in [1.807, 2.05) is 14.1 Å². The highest BCUT2D eigenvalue weighted by Crippen LogP contribution is 2.18. The summed E-state index contributed by atoms with van der Waals surface area (Å²) in [7, 11) is 4.04. The molecule has 2 unspecified atom stereocenters. The zero-order valence-electron chi connectivity index (χ0n) is 12.5. The Labute approximate surface area is 121 Å². The van der Waals surface area contributed by atoms with Gasteiger partial charge in [0.25, 0.3) is 0 Å². The second-order valence-corrected chi connectivity index (χ2v) is 6.19. The third kappa shape index (κ3) is 4.70. The van der Waals surface area contributed by atoms with Crippen molar-refractivity contribution in [1.29, 1.82) is 0 Å². The monoisotopic (exact) mass is 285 g/mol. The number of aliphatic hydroxyl groups excluding tert-OH is 1. The second-order valence-electron chi connectivity index (χ2n) is 6.19. The molecule has 0 aliphatic carbocycles. The minimum atomic E-state index is -0.309. The molecule has 0 bridgehead atoms. The maximum atomic E-state index is 12.1. The number of β-amino-alcohol motifs (C(OH)–C–C–N with tert-alkyl or cyclic N) is 1. The number of nitrogens with one attached hydrogen (secondary N) is 1. The molecule has 0 radical (unpaired) electrons. The molecule has 2 fully saturated rings. The van der Waals surface area contributed by atoms with Crippen molar-refractivity contribution in [3.63, 3.8) is 0 Å². The molecule has 0 spiro atoms. The zero-order chi connectivity index (χ0) is 14.5. The number of carbonyl (C=O) groups excluding carboxylic acids is 1. The highest BCUT2D eigenvalue weighted by molar-refractivity contribution is 5.78. The largest absolute Gasteiger partial charge is 0.392 e. The van der Waals surface area contributed by atoms with E-state index in [1.165, 1.54) is 0 Å². The van der Waals surface area contributed by atoms with Gasteiger partial charge in [0.1, 0.15) is 0 Å². The number of rotatable bonds is 5. The van der Waals surface area contributed by atoms with Crippen molar-refractivity contribution >= 4 is 5.91 Å². The van der Waals surface area contributed by atoms with Crippen molar-refractivity contribution in [2.75, 3.05) is 46.9 Å². The Bertz CT molecular complexity index is 319. The van der Waals surface area contributed by atoms with Crippen LogP contribution in [0.1, 0.15) is 19.3 Å². The fraction of sp³-hybridized carbons (Fsp3) is 0.929. The van der Waals surface area contributed by atoms with Gasteiger partial charge in [-0.15, -0.1) is 0 Å². The molecule has 6 heteroatoms. The number of ether oxygens (including phenoxy) is 1. The lowest BCUT2D eigenvalue weighted by Gasteiger charge is -2.28. The number of hydrogen-bond acceptors (Lipinski definition) is 5. The van der Waals surface area contributed by atoms with Crippen molar-refractivity contribution < 1.29 is 14.6 Å². The van der Waals surface area contributed by atoms with Gasteiger partial charge in [0.2, 0.25) is 5.91 Å². The van der Waals surface area contributed by atoms with Gasteiger partial charge in [-0.05, 0) is 33.4 Å². The average Bonchev–Trinajstić information content (AvgIpc) is 2.69. The minimum Gasteiger partial charge on any atom is -0.392 e. The van der Waals surface area contributed by atoms with Crippen LogP contribution in [-0.2, 0) is 9.53 Å². The van der Waals surface area contributed by atoms with Gasteiger partial charge in [-0.2, -0.15) is 0 Å². The summed E-state index contributed by atoms with van der Waals surface area (Å²) in [6.45, 7) is 3.32. The molecule has 0 aromatic heterocycles. The predicted octanol–water partition coefficient (Wildman–Crippen LogP) is -0.722. The molecular formula is C14H27N3O3. The average molecular weight is 285 g/mol. The van der Waals surface area contributed by atoms with Crippen LogP contribution in [0.5, 0.6) is 0 Å². The molecule has 2 aliphatic heterocycles. The maximum absolute atomic E-state index is 12.1. The molecule has 2 saturated heterocycles. The third-order valence-electron chi connectivity index (χ3n) is 4.01. The van der Waals surface area contributed by atoms with Gasteiger partial charge >= 0.3 is 0 Å². The molecule has 1 amide bonds. The van der Waals surface area contributed by atoms with Crippen LogP contribution in [-0.4, -0.2) is 85.9 Å². The van der Waals surface area contributed by atoms with Crippen LogP contribution in [0.25, 0.3) is 0 Å². The van der Waals surface area contributed by atoms with Crippen LogP contribution in [0.15, 0.2) is 0 Å². The maximum Gasteiger partial charge on any atom is 0.234 e. The Morgan fingerprint density at radius 1 is 1.40 bits per heavy atom. The van der Waals surface area contributed by atoms with E-state index >= 15 is 0 Å². The van der Waals surface area contributed by atoms with Crippen molar-refractivity contribution in [2.24, 2.45) is 0 Å². The quantitative estimate of drug-likeness (QED) is 0.698. The Morgan fingerprint density at radius 3 is 2.75 bits per heavy atom. The highest BCUT2D eigenvalue weighted by atomic mass is 16.5. The molecule has 20 heavy (non-hydrogen) atoms. The fourth-order valence-corrected chi connectivity index (χ4v) is 3.06. The summed E-state index contributed by atoms with van der Waals surface area (Å²) >= 11 is 0. The van der Waals surface area contributed by atoms with Crippen LogP contribution in [0.3, 0.4) is 0 Å². The molecule has 2 rings (SSSR count). The summed E-state index contributed by atoms with van der Waals surface area (Å²) in [5.41, 5.74) is 0. The summed E-state index contributed by atoms with van der Waals surface area (Å²) in [4.78, 5) is 16.3. The molecule has 0 aromatic carbocycles. The van der Waals surface area contributed by atoms with Gasteiger partial charge in [0, 0.05) is 38.4 Å². The number of nitrogens with zero attached hydrogens (tertiary/aromatic N) is 2. The molecule has 0 aromatic rings. The topological polar surface area (TPSA) is 65.0 Å². The van der Waals surface area contributed by atoms with Crippen LogP contribution in [0.4, 0.5) is 0 Å². The van der Waals surface area contributed by atoms with Crippen molar-refractivity contribution in [2.45, 2.75) is 37.5 Å². The lowest BCUT2D eigenvalue weighted by Crippen LogP contribution is -2.47. The van der Waals surface area contributed by atoms with E-state index in [0.29, 0.717) is 13.1 Å². The van der Waals surface area contributed by atoms with Gasteiger partial charge in [-0.3, -0.25) is 9.69 Å². The SMILES string of the molecule is CN(C)CC1CC(O)CN1CC(=O)NC1CCOCC1. The molecule has 2 atom stereocenters. The van der Waals surface area contributed by atoms with Crippen LogP contribution < -0.4 is 5.32 Å². The Hall–Kier alpha value is -0.690. The second kappa shape index (κ2) is 7.36. The number of likely N-dealkylation sites (N-methyl/N-ethyl adjacent to an activating group) is 1. The molecule has 6 nitrogen and oxygen atoms in total. The highest BCUT2D eigenvalue weighted by Gasteiger charge is 2.32. The van der Waals surface area contributed by atoms with Gasteiger partial charge in [0.05, 0.1) is 12.6 Å². The van der Waals surface area contributed by atoms with Crippen LogP contribution in [0, 0.1) is 0 Å². The number of hydrogen-bond donors (Lipinski definition) is 2. The first kappa shape index (κ1) is 15.7. The minimum absolute atomic E-state index is 0.0646. The van der Waals surface area contributed by atoms with Gasteiger partial charge in [0.15, 0.2) is 0 Å². The zero-order valence-corrected chi connectivity index (χ0v) is 12.5. The third-order valence-corrected chi connectivity index (χ3v) is 4.01. The van der Waals surface area contributed by atoms with E-state index in [4.69, 9.17) is 4.74 Å². The van der Waals surface area contributed by atoms with Crippen molar-refractivity contribution in [1.82, 2.24) is 15.1 Å². The first-order chi connectivity index (χ1) is 9.54. The molecule has 0 saturated carbocycles. The summed E-state index contributed by atoms with van der Waals surface area (Å²) in [5, 5.41) is 12.9. The smallest absolute Gasteiger partial charge is 0.234 e. The Balaban J connectivity index is 1.79.